The van der Waals surface area contributed by atoms with Crippen molar-refractivity contribution in [1.82, 2.24) is 10.9 Å². The molecule has 2 rings (SSSR count). The van der Waals surface area contributed by atoms with Crippen molar-refractivity contribution in [2.75, 3.05) is 12.3 Å². The summed E-state index contributed by atoms with van der Waals surface area (Å²) in [6.45, 7) is 6.74. The quantitative estimate of drug-likeness (QED) is 0.174. The van der Waals surface area contributed by atoms with Crippen LogP contribution in [-0.4, -0.2) is 23.6 Å². The lowest BCUT2D eigenvalue weighted by molar-refractivity contribution is 0.869. The van der Waals surface area contributed by atoms with Crippen LogP contribution in [0.2, 0.25) is 0 Å². The van der Waals surface area contributed by atoms with Crippen molar-refractivity contribution < 1.29 is 0 Å². The number of nitrogen functional groups attached to an aromatic ring is 1. The van der Waals surface area contributed by atoms with Crippen molar-refractivity contribution in [1.29, 1.82) is 5.41 Å². The number of hydrogen-bond acceptors (Lipinski definition) is 4. The van der Waals surface area contributed by atoms with Crippen molar-refractivity contribution >= 4 is 34.9 Å². The summed E-state index contributed by atoms with van der Waals surface area (Å²) in [5, 5.41) is 7.65. The Morgan fingerprint density at radius 3 is 2.46 bits per heavy atom. The molecule has 5 nitrogen and oxygen atoms in total. The fourth-order valence-corrected chi connectivity index (χ4v) is 2.55. The van der Waals surface area contributed by atoms with Gasteiger partial charge in [-0.05, 0) is 43.5 Å². The predicted molar refractivity (Wildman–Crippen MR) is 125 cm³/mol. The van der Waals surface area contributed by atoms with Crippen LogP contribution in [0.4, 0.5) is 5.69 Å². The lowest BCUT2D eigenvalue weighted by Crippen LogP contribution is -2.35. The number of benzene rings is 2. The molecule has 0 amide bonds. The van der Waals surface area contributed by atoms with Gasteiger partial charge in [-0.3, -0.25) is 15.8 Å². The van der Waals surface area contributed by atoms with E-state index in [0.29, 0.717) is 22.0 Å². The SMILES string of the molecule is CCCN=CNNC(=S)c1ccc(N)c(C(C)=N)c1.CCCc1ccccc1. The first kappa shape index (κ1) is 23.3. The van der Waals surface area contributed by atoms with E-state index >= 15 is 0 Å². The van der Waals surface area contributed by atoms with Crippen LogP contribution in [-0.2, 0) is 6.42 Å². The maximum absolute atomic E-state index is 7.65. The van der Waals surface area contributed by atoms with Crippen molar-refractivity contribution in [2.45, 2.75) is 40.0 Å². The third-order valence-corrected chi connectivity index (χ3v) is 4.13. The highest BCUT2D eigenvalue weighted by atomic mass is 32.1. The van der Waals surface area contributed by atoms with Gasteiger partial charge in [0.2, 0.25) is 0 Å². The van der Waals surface area contributed by atoms with Crippen molar-refractivity contribution in [3.05, 3.63) is 65.2 Å². The van der Waals surface area contributed by atoms with Gasteiger partial charge in [-0.1, -0.05) is 62.8 Å². The number of nitrogens with one attached hydrogen (secondary N) is 3. The Balaban J connectivity index is 0.000000362. The van der Waals surface area contributed by atoms with Crippen molar-refractivity contribution in [3.8, 4) is 0 Å². The minimum atomic E-state index is 0.416. The molecular weight excluding hydrogens is 366 g/mol. The van der Waals surface area contributed by atoms with Crippen LogP contribution in [0, 0.1) is 5.41 Å². The monoisotopic (exact) mass is 397 g/mol. The molecule has 2 aromatic carbocycles. The van der Waals surface area contributed by atoms with Crippen LogP contribution in [0.1, 0.15) is 50.3 Å². The summed E-state index contributed by atoms with van der Waals surface area (Å²) >= 11 is 5.24. The fourth-order valence-electron chi connectivity index (χ4n) is 2.36. The van der Waals surface area contributed by atoms with Gasteiger partial charge in [0.15, 0.2) is 0 Å². The van der Waals surface area contributed by atoms with Crippen molar-refractivity contribution in [3.63, 3.8) is 0 Å². The molecular formula is C22H31N5S. The maximum Gasteiger partial charge on any atom is 0.125 e. The zero-order valence-corrected chi connectivity index (χ0v) is 17.8. The third kappa shape index (κ3) is 8.77. The largest absolute Gasteiger partial charge is 0.398 e. The molecule has 0 radical (unpaired) electrons. The fraction of sp³-hybridized carbons (Fsp3) is 0.318. The van der Waals surface area contributed by atoms with Gasteiger partial charge in [-0.2, -0.15) is 0 Å². The number of rotatable bonds is 8. The molecule has 2 aromatic rings. The Morgan fingerprint density at radius 1 is 1.14 bits per heavy atom. The van der Waals surface area contributed by atoms with E-state index in [9.17, 15) is 0 Å². The molecule has 0 unspecified atom stereocenters. The van der Waals surface area contributed by atoms with Crippen LogP contribution in [0.25, 0.3) is 0 Å². The first-order valence-corrected chi connectivity index (χ1v) is 9.93. The van der Waals surface area contributed by atoms with Gasteiger partial charge in [-0.15, -0.1) is 0 Å². The lowest BCUT2D eigenvalue weighted by atomic mass is 10.1. The molecule has 5 N–H and O–H groups in total. The van der Waals surface area contributed by atoms with E-state index in [1.165, 1.54) is 18.4 Å². The molecule has 150 valence electrons. The van der Waals surface area contributed by atoms with Crippen LogP contribution in [0.15, 0.2) is 53.5 Å². The summed E-state index contributed by atoms with van der Waals surface area (Å²) in [5.74, 6) is 0. The Kier molecular flexibility index (Phi) is 11.2. The normalized spacial score (nSPS) is 10.1. The van der Waals surface area contributed by atoms with E-state index in [0.717, 1.165) is 18.5 Å². The molecule has 0 heterocycles. The highest BCUT2D eigenvalue weighted by molar-refractivity contribution is 7.80. The number of thiocarbonyl (C=S) groups is 1. The lowest BCUT2D eigenvalue weighted by Gasteiger charge is -2.10. The Morgan fingerprint density at radius 2 is 1.86 bits per heavy atom. The molecule has 0 bridgehead atoms. The first-order chi connectivity index (χ1) is 13.5. The zero-order valence-electron chi connectivity index (χ0n) is 17.0. The molecule has 0 aliphatic rings. The molecule has 0 aliphatic heterocycles. The van der Waals surface area contributed by atoms with Gasteiger partial charge in [0.05, 0.1) is 0 Å². The zero-order chi connectivity index (χ0) is 20.8. The van der Waals surface area contributed by atoms with Gasteiger partial charge in [-0.25, -0.2) is 0 Å². The molecule has 0 atom stereocenters. The molecule has 0 aliphatic carbocycles. The summed E-state index contributed by atoms with van der Waals surface area (Å²) in [6, 6.07) is 15.9. The maximum atomic E-state index is 7.65. The first-order valence-electron chi connectivity index (χ1n) is 9.52. The summed E-state index contributed by atoms with van der Waals surface area (Å²) in [5.41, 5.74) is 15.4. The second-order valence-corrected chi connectivity index (χ2v) is 6.70. The highest BCUT2D eigenvalue weighted by Crippen LogP contribution is 2.15. The number of nitrogens with zero attached hydrogens (tertiary/aromatic N) is 1. The van der Waals surface area contributed by atoms with Gasteiger partial charge in [0.25, 0.3) is 0 Å². The van der Waals surface area contributed by atoms with E-state index in [-0.39, 0.29) is 0 Å². The van der Waals surface area contributed by atoms with Crippen LogP contribution in [0.5, 0.6) is 0 Å². The topological polar surface area (TPSA) is 86.3 Å². The summed E-state index contributed by atoms with van der Waals surface area (Å²) in [4.78, 5) is 4.64. The smallest absolute Gasteiger partial charge is 0.125 e. The van der Waals surface area contributed by atoms with Crippen molar-refractivity contribution in [2.24, 2.45) is 4.99 Å². The molecule has 0 saturated carbocycles. The van der Waals surface area contributed by atoms with E-state index in [2.05, 4.69) is 60.0 Å². The second-order valence-electron chi connectivity index (χ2n) is 6.30. The standard InChI is InChI=1S/C13H19N5S.C9H12/c1-3-6-16-8-17-18-13(19)10-4-5-12(15)11(7-10)9(2)14;1-2-6-9-7-4-3-5-8-9/h4-5,7-8,14H,3,6,15H2,1-2H3,(H,16,17)(H,18,19);3-5,7-8H,2,6H2,1H3. The molecule has 0 spiro atoms. The predicted octanol–water partition coefficient (Wildman–Crippen LogP) is 4.50. The van der Waals surface area contributed by atoms with E-state index in [1.807, 2.05) is 6.07 Å². The number of aryl methyl sites for hydroxylation is 1. The Bertz CT molecular complexity index is 772. The third-order valence-electron chi connectivity index (χ3n) is 3.80. The van der Waals surface area contributed by atoms with Crippen LogP contribution in [0.3, 0.4) is 0 Å². The van der Waals surface area contributed by atoms with Gasteiger partial charge in [0.1, 0.15) is 11.3 Å². The minimum Gasteiger partial charge on any atom is -0.398 e. The van der Waals surface area contributed by atoms with E-state index < -0.39 is 0 Å². The van der Waals surface area contributed by atoms with Crippen LogP contribution < -0.4 is 16.6 Å². The Hall–Kier alpha value is -2.73. The summed E-state index contributed by atoms with van der Waals surface area (Å²) in [6.07, 6.45) is 5.03. The number of hydrazine groups is 1. The van der Waals surface area contributed by atoms with E-state index in [4.69, 9.17) is 23.4 Å². The second kappa shape index (κ2) is 13.4. The van der Waals surface area contributed by atoms with E-state index in [1.54, 1.807) is 25.4 Å². The summed E-state index contributed by atoms with van der Waals surface area (Å²) in [7, 11) is 0. The summed E-state index contributed by atoms with van der Waals surface area (Å²) < 4.78 is 0. The molecule has 0 fully saturated rings. The average molecular weight is 398 g/mol. The Labute approximate surface area is 173 Å². The number of aliphatic imine (C=N–C) groups is 1. The minimum absolute atomic E-state index is 0.416. The van der Waals surface area contributed by atoms with Gasteiger partial charge < -0.3 is 11.1 Å². The molecule has 0 aromatic heterocycles. The molecule has 28 heavy (non-hydrogen) atoms. The highest BCUT2D eigenvalue weighted by Gasteiger charge is 2.06. The average Bonchev–Trinajstić information content (AvgIpc) is 2.69. The number of hydrogen-bond donors (Lipinski definition) is 4. The number of nitrogens with two attached hydrogens (primary N) is 1. The molecule has 0 saturated heterocycles. The number of anilines is 1. The van der Waals surface area contributed by atoms with Crippen LogP contribution >= 0.6 is 12.2 Å². The molecule has 6 heteroatoms. The van der Waals surface area contributed by atoms with Gasteiger partial charge >= 0.3 is 0 Å². The van der Waals surface area contributed by atoms with Gasteiger partial charge in [0, 0.05) is 29.1 Å².